The summed E-state index contributed by atoms with van der Waals surface area (Å²) >= 11 is 1.77. The Bertz CT molecular complexity index is 334. The third-order valence-electron chi connectivity index (χ3n) is 3.37. The zero-order valence-corrected chi connectivity index (χ0v) is 12.1. The smallest absolute Gasteiger partial charge is 0.0897 e. The van der Waals surface area contributed by atoms with E-state index in [1.54, 1.807) is 11.3 Å². The molecule has 1 heterocycles. The predicted molar refractivity (Wildman–Crippen MR) is 76.0 cm³/mol. The number of hydrogen-bond acceptors (Lipinski definition) is 4. The van der Waals surface area contributed by atoms with E-state index in [1.807, 2.05) is 13.1 Å². The van der Waals surface area contributed by atoms with Gasteiger partial charge in [-0.1, -0.05) is 19.3 Å². The molecule has 1 saturated carbocycles. The van der Waals surface area contributed by atoms with Crippen LogP contribution in [-0.4, -0.2) is 24.2 Å². The third-order valence-corrected chi connectivity index (χ3v) is 4.28. The van der Waals surface area contributed by atoms with Crippen molar-refractivity contribution < 1.29 is 4.74 Å². The van der Waals surface area contributed by atoms with Gasteiger partial charge in [-0.15, -0.1) is 11.3 Å². The number of aryl methyl sites for hydroxylation is 1. The van der Waals surface area contributed by atoms with E-state index in [9.17, 15) is 0 Å². The van der Waals surface area contributed by atoms with Crippen molar-refractivity contribution >= 4 is 11.3 Å². The second-order valence-corrected chi connectivity index (χ2v) is 6.33. The first kappa shape index (κ1) is 14.0. The lowest BCUT2D eigenvalue weighted by Gasteiger charge is -2.21. The van der Waals surface area contributed by atoms with Crippen molar-refractivity contribution in [2.75, 3.05) is 13.2 Å². The van der Waals surface area contributed by atoms with Crippen LogP contribution in [0.15, 0.2) is 6.20 Å². The summed E-state index contributed by atoms with van der Waals surface area (Å²) in [7, 11) is 0. The maximum Gasteiger partial charge on any atom is 0.0897 e. The van der Waals surface area contributed by atoms with Crippen LogP contribution in [0.2, 0.25) is 0 Å². The largest absolute Gasteiger partial charge is 0.378 e. The average Bonchev–Trinajstić information content (AvgIpc) is 2.81. The number of rotatable bonds is 7. The van der Waals surface area contributed by atoms with Crippen LogP contribution < -0.4 is 5.32 Å². The molecule has 102 valence electrons. The van der Waals surface area contributed by atoms with Crippen LogP contribution in [0.1, 0.15) is 48.4 Å². The average molecular weight is 268 g/mol. The second-order valence-electron chi connectivity index (χ2n) is 5.01. The van der Waals surface area contributed by atoms with E-state index in [4.69, 9.17) is 4.74 Å². The van der Waals surface area contributed by atoms with Gasteiger partial charge in [0, 0.05) is 24.2 Å². The van der Waals surface area contributed by atoms with Gasteiger partial charge in [0.05, 0.1) is 11.1 Å². The number of aromatic nitrogens is 1. The highest BCUT2D eigenvalue weighted by Gasteiger charge is 2.12. The Morgan fingerprint density at radius 3 is 2.94 bits per heavy atom. The van der Waals surface area contributed by atoms with Crippen LogP contribution in [0.4, 0.5) is 0 Å². The molecule has 18 heavy (non-hydrogen) atoms. The molecule has 0 radical (unpaired) electrons. The molecule has 0 spiro atoms. The molecular formula is C14H24N2OS. The van der Waals surface area contributed by atoms with Crippen molar-refractivity contribution in [3.05, 3.63) is 16.1 Å². The van der Waals surface area contributed by atoms with E-state index in [1.165, 1.54) is 37.0 Å². The second kappa shape index (κ2) is 7.87. The van der Waals surface area contributed by atoms with Gasteiger partial charge >= 0.3 is 0 Å². The SMILES string of the molecule is Cc1ncc(CNCCCOC2CCCCC2)s1. The summed E-state index contributed by atoms with van der Waals surface area (Å²) in [5.41, 5.74) is 0. The van der Waals surface area contributed by atoms with Crippen LogP contribution in [0.3, 0.4) is 0 Å². The van der Waals surface area contributed by atoms with E-state index >= 15 is 0 Å². The molecule has 0 atom stereocenters. The molecule has 1 aromatic rings. The normalized spacial score (nSPS) is 17.2. The van der Waals surface area contributed by atoms with Gasteiger partial charge in [0.2, 0.25) is 0 Å². The van der Waals surface area contributed by atoms with Gasteiger partial charge in [0.25, 0.3) is 0 Å². The highest BCUT2D eigenvalue weighted by molar-refractivity contribution is 7.11. The van der Waals surface area contributed by atoms with Crippen LogP contribution >= 0.6 is 11.3 Å². The molecule has 0 saturated heterocycles. The number of thiazole rings is 1. The van der Waals surface area contributed by atoms with Gasteiger partial charge in [0.15, 0.2) is 0 Å². The van der Waals surface area contributed by atoms with Crippen molar-refractivity contribution in [1.29, 1.82) is 0 Å². The minimum atomic E-state index is 0.544. The van der Waals surface area contributed by atoms with Crippen molar-refractivity contribution in [2.45, 2.75) is 58.1 Å². The van der Waals surface area contributed by atoms with Crippen LogP contribution in [-0.2, 0) is 11.3 Å². The highest BCUT2D eigenvalue weighted by atomic mass is 32.1. The molecule has 1 aromatic heterocycles. The maximum absolute atomic E-state index is 5.89. The zero-order valence-electron chi connectivity index (χ0n) is 11.3. The van der Waals surface area contributed by atoms with Gasteiger partial charge in [0.1, 0.15) is 0 Å². The number of hydrogen-bond donors (Lipinski definition) is 1. The molecule has 3 nitrogen and oxygen atoms in total. The molecule has 0 bridgehead atoms. The Hall–Kier alpha value is -0.450. The minimum Gasteiger partial charge on any atom is -0.378 e. The van der Waals surface area contributed by atoms with Crippen molar-refractivity contribution in [3.8, 4) is 0 Å². The Morgan fingerprint density at radius 2 is 2.22 bits per heavy atom. The van der Waals surface area contributed by atoms with Gasteiger partial charge in [-0.25, -0.2) is 4.98 Å². The molecule has 1 aliphatic carbocycles. The summed E-state index contributed by atoms with van der Waals surface area (Å²) in [5, 5.41) is 4.59. The fourth-order valence-electron chi connectivity index (χ4n) is 2.38. The number of nitrogens with one attached hydrogen (secondary N) is 1. The summed E-state index contributed by atoms with van der Waals surface area (Å²) in [6.07, 6.45) is 10.3. The number of ether oxygens (including phenoxy) is 1. The van der Waals surface area contributed by atoms with Crippen molar-refractivity contribution in [2.24, 2.45) is 0 Å². The Kier molecular flexibility index (Phi) is 6.11. The lowest BCUT2D eigenvalue weighted by atomic mass is 9.98. The molecule has 0 unspecified atom stereocenters. The molecule has 0 aliphatic heterocycles. The maximum atomic E-state index is 5.89. The topological polar surface area (TPSA) is 34.2 Å². The van der Waals surface area contributed by atoms with Crippen LogP contribution in [0, 0.1) is 6.92 Å². The van der Waals surface area contributed by atoms with Gasteiger partial charge in [-0.2, -0.15) is 0 Å². The summed E-state index contributed by atoms with van der Waals surface area (Å²) < 4.78 is 5.89. The molecule has 0 amide bonds. The van der Waals surface area contributed by atoms with E-state index in [-0.39, 0.29) is 0 Å². The minimum absolute atomic E-state index is 0.544. The summed E-state index contributed by atoms with van der Waals surface area (Å²) in [6.45, 7) is 4.92. The van der Waals surface area contributed by atoms with Crippen molar-refractivity contribution in [3.63, 3.8) is 0 Å². The van der Waals surface area contributed by atoms with Gasteiger partial charge in [-0.3, -0.25) is 0 Å². The molecule has 4 heteroatoms. The predicted octanol–water partition coefficient (Wildman–Crippen LogP) is 3.28. The van der Waals surface area contributed by atoms with Gasteiger partial charge < -0.3 is 10.1 Å². The Labute approximate surface area is 114 Å². The summed E-state index contributed by atoms with van der Waals surface area (Å²) in [5.74, 6) is 0. The van der Waals surface area contributed by atoms with Gasteiger partial charge in [-0.05, 0) is 32.7 Å². The molecule has 1 N–H and O–H groups in total. The molecule has 1 fully saturated rings. The quantitative estimate of drug-likeness (QED) is 0.771. The fourth-order valence-corrected chi connectivity index (χ4v) is 3.14. The molecular weight excluding hydrogens is 244 g/mol. The lowest BCUT2D eigenvalue weighted by Crippen LogP contribution is -2.20. The molecule has 0 aromatic carbocycles. The monoisotopic (exact) mass is 268 g/mol. The zero-order chi connectivity index (χ0) is 12.6. The van der Waals surface area contributed by atoms with E-state index in [2.05, 4.69) is 10.3 Å². The highest BCUT2D eigenvalue weighted by Crippen LogP contribution is 2.20. The molecule has 1 aliphatic rings. The first-order chi connectivity index (χ1) is 8.84. The van der Waals surface area contributed by atoms with Crippen molar-refractivity contribution in [1.82, 2.24) is 10.3 Å². The fraction of sp³-hybridized carbons (Fsp3) is 0.786. The summed E-state index contributed by atoms with van der Waals surface area (Å²) in [6, 6.07) is 0. The van der Waals surface area contributed by atoms with E-state index in [0.29, 0.717) is 6.10 Å². The standard InChI is InChI=1S/C14H24N2OS/c1-12-16-11-14(18-12)10-15-8-5-9-17-13-6-3-2-4-7-13/h11,13,15H,2-10H2,1H3. The first-order valence-corrected chi connectivity index (χ1v) is 7.90. The third kappa shape index (κ3) is 5.04. The van der Waals surface area contributed by atoms with Crippen LogP contribution in [0.5, 0.6) is 0 Å². The number of nitrogens with zero attached hydrogens (tertiary/aromatic N) is 1. The Morgan fingerprint density at radius 1 is 1.39 bits per heavy atom. The summed E-state index contributed by atoms with van der Waals surface area (Å²) in [4.78, 5) is 5.57. The Balaban J connectivity index is 1.46. The van der Waals surface area contributed by atoms with E-state index < -0.39 is 0 Å². The molecule has 2 rings (SSSR count). The van der Waals surface area contributed by atoms with Crippen LogP contribution in [0.25, 0.3) is 0 Å². The first-order valence-electron chi connectivity index (χ1n) is 7.08. The van der Waals surface area contributed by atoms with E-state index in [0.717, 1.165) is 31.1 Å². The lowest BCUT2D eigenvalue weighted by molar-refractivity contribution is 0.0273.